The van der Waals surface area contributed by atoms with E-state index in [1.54, 1.807) is 6.07 Å². The van der Waals surface area contributed by atoms with Crippen LogP contribution in [0, 0.1) is 13.8 Å². The lowest BCUT2D eigenvalue weighted by atomic mass is 10.2. The summed E-state index contributed by atoms with van der Waals surface area (Å²) in [6, 6.07) is 8.07. The van der Waals surface area contributed by atoms with Crippen LogP contribution in [0.5, 0.6) is 17.2 Å². The van der Waals surface area contributed by atoms with E-state index in [-0.39, 0.29) is 11.5 Å². The van der Waals surface area contributed by atoms with Gasteiger partial charge >= 0.3 is 0 Å². The number of pyridine rings is 1. The number of nitrogens with zero attached hydrogens (tertiary/aromatic N) is 1. The van der Waals surface area contributed by atoms with Gasteiger partial charge in [-0.05, 0) is 43.7 Å². The van der Waals surface area contributed by atoms with Crippen molar-refractivity contribution in [2.45, 2.75) is 13.8 Å². The van der Waals surface area contributed by atoms with Crippen molar-refractivity contribution >= 4 is 11.7 Å². The van der Waals surface area contributed by atoms with Crippen molar-refractivity contribution in [2.24, 2.45) is 0 Å². The largest absolute Gasteiger partial charge is 0.508 e. The first-order chi connectivity index (χ1) is 10.5. The maximum absolute atomic E-state index is 12.2. The number of ether oxygens (including phenoxy) is 2. The molecular formula is C16H14N2O4. The molecule has 0 atom stereocenters. The van der Waals surface area contributed by atoms with Gasteiger partial charge in [0.05, 0.1) is 0 Å². The van der Waals surface area contributed by atoms with Crippen LogP contribution in [-0.4, -0.2) is 16.0 Å². The summed E-state index contributed by atoms with van der Waals surface area (Å²) in [6.07, 6.45) is 1.19. The average molecular weight is 298 g/mol. The summed E-state index contributed by atoms with van der Waals surface area (Å²) >= 11 is 0. The van der Waals surface area contributed by atoms with Crippen LogP contribution in [0.4, 0.5) is 5.82 Å². The molecule has 112 valence electrons. The van der Waals surface area contributed by atoms with Crippen molar-refractivity contribution in [3.8, 4) is 17.2 Å². The van der Waals surface area contributed by atoms with E-state index in [4.69, 9.17) is 9.47 Å². The first-order valence-corrected chi connectivity index (χ1v) is 6.65. The Hall–Kier alpha value is -3.02. The number of phenolic OH excluding ortho intramolecular Hbond substituents is 1. The molecule has 0 aliphatic carbocycles. The molecule has 0 saturated heterocycles. The van der Waals surface area contributed by atoms with Gasteiger partial charge in [-0.25, -0.2) is 4.98 Å². The Labute approximate surface area is 127 Å². The number of nitrogens with one attached hydrogen (secondary N) is 1. The van der Waals surface area contributed by atoms with Gasteiger partial charge < -0.3 is 19.9 Å². The van der Waals surface area contributed by atoms with Gasteiger partial charge in [0.2, 0.25) is 5.76 Å². The molecule has 0 radical (unpaired) electrons. The van der Waals surface area contributed by atoms with Crippen LogP contribution in [0.15, 0.2) is 42.4 Å². The molecule has 2 aromatic rings. The number of hydrogen-bond acceptors (Lipinski definition) is 5. The van der Waals surface area contributed by atoms with Gasteiger partial charge in [-0.3, -0.25) is 4.79 Å². The smallest absolute Gasteiger partial charge is 0.295 e. The molecule has 22 heavy (non-hydrogen) atoms. The number of benzene rings is 1. The van der Waals surface area contributed by atoms with Crippen molar-refractivity contribution in [1.82, 2.24) is 4.98 Å². The third-order valence-electron chi connectivity index (χ3n) is 3.00. The zero-order valence-electron chi connectivity index (χ0n) is 12.1. The van der Waals surface area contributed by atoms with Crippen LogP contribution in [-0.2, 0) is 4.79 Å². The Bertz CT molecular complexity index is 763. The summed E-state index contributed by atoms with van der Waals surface area (Å²) in [5.41, 5.74) is 1.81. The fourth-order valence-corrected chi connectivity index (χ4v) is 2.12. The molecule has 0 bridgehead atoms. The summed E-state index contributed by atoms with van der Waals surface area (Å²) in [7, 11) is 0. The lowest BCUT2D eigenvalue weighted by molar-refractivity contribution is -0.115. The molecule has 1 aliphatic heterocycles. The molecule has 1 aromatic heterocycles. The highest BCUT2D eigenvalue weighted by atomic mass is 16.6. The van der Waals surface area contributed by atoms with Crippen LogP contribution < -0.4 is 14.8 Å². The first-order valence-electron chi connectivity index (χ1n) is 6.65. The summed E-state index contributed by atoms with van der Waals surface area (Å²) in [6.45, 7) is 3.78. The standard InChI is InChI=1S/C16H14N2O4/c1-9-5-10(2)17-15(6-9)18-16(20)14-8-21-13-7-11(19)3-4-12(13)22-14/h3-8,19H,1-2H3,(H,17,18,20). The molecule has 0 saturated carbocycles. The third kappa shape index (κ3) is 2.85. The maximum atomic E-state index is 12.2. The molecule has 1 aliphatic rings. The number of anilines is 1. The maximum Gasteiger partial charge on any atom is 0.295 e. The normalized spacial score (nSPS) is 12.5. The van der Waals surface area contributed by atoms with Crippen LogP contribution >= 0.6 is 0 Å². The van der Waals surface area contributed by atoms with E-state index in [1.807, 2.05) is 19.9 Å². The molecule has 2 heterocycles. The summed E-state index contributed by atoms with van der Waals surface area (Å²) in [4.78, 5) is 16.4. The van der Waals surface area contributed by atoms with E-state index < -0.39 is 5.91 Å². The van der Waals surface area contributed by atoms with E-state index in [1.165, 1.54) is 24.5 Å². The highest BCUT2D eigenvalue weighted by Gasteiger charge is 2.21. The number of carbonyl (C=O) groups is 1. The monoisotopic (exact) mass is 298 g/mol. The number of hydrogen-bond donors (Lipinski definition) is 2. The van der Waals surface area contributed by atoms with Crippen LogP contribution in [0.3, 0.4) is 0 Å². The topological polar surface area (TPSA) is 80.7 Å². The van der Waals surface area contributed by atoms with E-state index in [0.717, 1.165) is 11.3 Å². The van der Waals surface area contributed by atoms with Gasteiger partial charge in [-0.2, -0.15) is 0 Å². The second-order valence-corrected chi connectivity index (χ2v) is 4.96. The predicted molar refractivity (Wildman–Crippen MR) is 79.8 cm³/mol. The van der Waals surface area contributed by atoms with Crippen LogP contribution in [0.1, 0.15) is 11.3 Å². The van der Waals surface area contributed by atoms with Crippen molar-refractivity contribution < 1.29 is 19.4 Å². The zero-order valence-corrected chi connectivity index (χ0v) is 12.1. The van der Waals surface area contributed by atoms with Crippen molar-refractivity contribution in [1.29, 1.82) is 0 Å². The van der Waals surface area contributed by atoms with E-state index in [2.05, 4.69) is 10.3 Å². The Morgan fingerprint density at radius 3 is 2.77 bits per heavy atom. The second kappa shape index (κ2) is 5.40. The summed E-state index contributed by atoms with van der Waals surface area (Å²) in [5.74, 6) is 0.766. The number of amides is 1. The lowest BCUT2D eigenvalue weighted by Crippen LogP contribution is -2.21. The SMILES string of the molecule is Cc1cc(C)nc(NC(=O)C2=COc3cc(O)ccc3O2)c1. The van der Waals surface area contributed by atoms with Crippen molar-refractivity contribution in [2.75, 3.05) is 5.32 Å². The zero-order chi connectivity index (χ0) is 15.7. The first kappa shape index (κ1) is 13.9. The van der Waals surface area contributed by atoms with Crippen molar-refractivity contribution in [3.63, 3.8) is 0 Å². The molecule has 0 spiro atoms. The molecule has 1 amide bonds. The number of aromatic nitrogens is 1. The number of carbonyl (C=O) groups excluding carboxylic acids is 1. The minimum atomic E-state index is -0.462. The molecule has 1 aromatic carbocycles. The minimum absolute atomic E-state index is 0.0131. The number of rotatable bonds is 2. The summed E-state index contributed by atoms with van der Waals surface area (Å²) in [5, 5.41) is 12.0. The fourth-order valence-electron chi connectivity index (χ4n) is 2.12. The van der Waals surface area contributed by atoms with Gasteiger partial charge in [-0.1, -0.05) is 0 Å². The number of aromatic hydroxyl groups is 1. The Morgan fingerprint density at radius 1 is 1.18 bits per heavy atom. The summed E-state index contributed by atoms with van der Waals surface area (Å²) < 4.78 is 10.8. The van der Waals surface area contributed by atoms with Crippen LogP contribution in [0.2, 0.25) is 0 Å². The third-order valence-corrected chi connectivity index (χ3v) is 3.00. The van der Waals surface area contributed by atoms with Gasteiger partial charge in [0.15, 0.2) is 11.5 Å². The molecule has 6 heteroatoms. The molecular weight excluding hydrogens is 284 g/mol. The van der Waals surface area contributed by atoms with E-state index in [0.29, 0.717) is 17.3 Å². The minimum Gasteiger partial charge on any atom is -0.508 e. The molecule has 0 fully saturated rings. The van der Waals surface area contributed by atoms with Gasteiger partial charge in [0.25, 0.3) is 5.91 Å². The Morgan fingerprint density at radius 2 is 2.00 bits per heavy atom. The quantitative estimate of drug-likeness (QED) is 0.891. The average Bonchev–Trinajstić information content (AvgIpc) is 2.45. The Balaban J connectivity index is 1.76. The number of aryl methyl sites for hydroxylation is 2. The van der Waals surface area contributed by atoms with Gasteiger partial charge in [-0.15, -0.1) is 0 Å². The van der Waals surface area contributed by atoms with Crippen molar-refractivity contribution in [3.05, 3.63) is 53.6 Å². The number of phenols is 1. The highest BCUT2D eigenvalue weighted by Crippen LogP contribution is 2.35. The second-order valence-electron chi connectivity index (χ2n) is 4.96. The Kier molecular flexibility index (Phi) is 3.42. The fraction of sp³-hybridized carbons (Fsp3) is 0.125. The highest BCUT2D eigenvalue weighted by molar-refractivity contribution is 6.02. The molecule has 2 N–H and O–H groups in total. The molecule has 6 nitrogen and oxygen atoms in total. The molecule has 3 rings (SSSR count). The van der Waals surface area contributed by atoms with Crippen LogP contribution in [0.25, 0.3) is 0 Å². The van der Waals surface area contributed by atoms with Gasteiger partial charge in [0.1, 0.15) is 17.8 Å². The number of fused-ring (bicyclic) bond motifs is 1. The molecule has 0 unspecified atom stereocenters. The van der Waals surface area contributed by atoms with E-state index in [9.17, 15) is 9.90 Å². The van der Waals surface area contributed by atoms with E-state index >= 15 is 0 Å². The predicted octanol–water partition coefficient (Wildman–Crippen LogP) is 2.66. The van der Waals surface area contributed by atoms with Gasteiger partial charge in [0, 0.05) is 11.8 Å². The lowest BCUT2D eigenvalue weighted by Gasteiger charge is -2.17.